The van der Waals surface area contributed by atoms with Gasteiger partial charge in [-0.3, -0.25) is 0 Å². The van der Waals surface area contributed by atoms with E-state index in [1.54, 1.807) is 16.8 Å². The summed E-state index contributed by atoms with van der Waals surface area (Å²) in [5.74, 6) is 0.556. The molecule has 1 aromatic carbocycles. The van der Waals surface area contributed by atoms with Gasteiger partial charge in [0, 0.05) is 29.7 Å². The molecule has 0 aliphatic heterocycles. The Labute approximate surface area is 157 Å². The molecule has 0 fully saturated rings. The Balaban J connectivity index is 1.52. The third-order valence-corrected chi connectivity index (χ3v) is 4.80. The molecule has 0 aliphatic rings. The lowest BCUT2D eigenvalue weighted by atomic mass is 10.2. The first kappa shape index (κ1) is 14.9. The number of hydrogen-bond donors (Lipinski definition) is 1. The summed E-state index contributed by atoms with van der Waals surface area (Å²) >= 11 is 0. The Morgan fingerprint density at radius 3 is 2.82 bits per heavy atom. The second-order valence-electron chi connectivity index (χ2n) is 6.53. The summed E-state index contributed by atoms with van der Waals surface area (Å²) in [7, 11) is 0. The first-order chi connectivity index (χ1) is 13.8. The Bertz CT molecular complexity index is 1520. The number of nitrogens with zero attached hydrogens (tertiary/aromatic N) is 6. The van der Waals surface area contributed by atoms with Gasteiger partial charge in [-0.2, -0.15) is 4.68 Å². The van der Waals surface area contributed by atoms with Crippen LogP contribution in [0.25, 0.3) is 39.3 Å². The van der Waals surface area contributed by atoms with Gasteiger partial charge in [0.25, 0.3) is 0 Å². The summed E-state index contributed by atoms with van der Waals surface area (Å²) in [6.45, 7) is 0. The molecule has 0 unspecified atom stereocenters. The zero-order valence-corrected chi connectivity index (χ0v) is 14.5. The lowest BCUT2D eigenvalue weighted by Gasteiger charge is -1.99. The minimum Gasteiger partial charge on any atom is -0.361 e. The fraction of sp³-hybridized carbons (Fsp3) is 0. The highest BCUT2D eigenvalue weighted by Crippen LogP contribution is 2.18. The van der Waals surface area contributed by atoms with E-state index >= 15 is 0 Å². The Morgan fingerprint density at radius 1 is 0.929 bits per heavy atom. The van der Waals surface area contributed by atoms with Crippen LogP contribution < -0.4 is 5.69 Å². The predicted molar refractivity (Wildman–Crippen MR) is 105 cm³/mol. The van der Waals surface area contributed by atoms with Gasteiger partial charge >= 0.3 is 5.69 Å². The molecular formula is C20H13N7O. The Morgan fingerprint density at radius 2 is 1.89 bits per heavy atom. The van der Waals surface area contributed by atoms with E-state index < -0.39 is 0 Å². The molecule has 6 aromatic rings. The van der Waals surface area contributed by atoms with Crippen LogP contribution in [-0.4, -0.2) is 33.8 Å². The van der Waals surface area contributed by atoms with Crippen molar-refractivity contribution >= 4 is 22.2 Å². The maximum absolute atomic E-state index is 13.0. The zero-order chi connectivity index (χ0) is 18.7. The summed E-state index contributed by atoms with van der Waals surface area (Å²) in [5, 5.41) is 10.0. The van der Waals surface area contributed by atoms with Crippen LogP contribution in [0, 0.1) is 0 Å². The number of hydrogen-bond acceptors (Lipinski definition) is 4. The molecule has 6 rings (SSSR count). The number of nitrogens with one attached hydrogen (secondary N) is 1. The standard InChI is InChI=1S/C20H13N7O/c28-20-25-12-14(19-22-17-3-1-2-10-26(17)24-19)5-7-18(25)23-27(20)15-6-4-13-8-9-21-16(13)11-15/h1-12,21H. The highest BCUT2D eigenvalue weighted by Gasteiger charge is 2.12. The van der Waals surface area contributed by atoms with Gasteiger partial charge in [0.15, 0.2) is 17.1 Å². The van der Waals surface area contributed by atoms with E-state index in [0.29, 0.717) is 17.2 Å². The van der Waals surface area contributed by atoms with E-state index in [2.05, 4.69) is 20.2 Å². The third kappa shape index (κ3) is 2.11. The fourth-order valence-corrected chi connectivity index (χ4v) is 3.40. The predicted octanol–water partition coefficient (Wildman–Crippen LogP) is 2.68. The SMILES string of the molecule is O=c1n(-c2ccc3cc[nH]c3c2)nc2ccc(-c3nc4ccccn4n3)cn12. The van der Waals surface area contributed by atoms with Gasteiger partial charge in [0.1, 0.15) is 0 Å². The maximum Gasteiger partial charge on any atom is 0.355 e. The van der Waals surface area contributed by atoms with Crippen molar-refractivity contribution in [2.45, 2.75) is 0 Å². The summed E-state index contributed by atoms with van der Waals surface area (Å²) in [5.41, 5.74) is 3.47. The number of fused-ring (bicyclic) bond motifs is 3. The average molecular weight is 367 g/mol. The van der Waals surface area contributed by atoms with Crippen LogP contribution in [0.2, 0.25) is 0 Å². The van der Waals surface area contributed by atoms with Crippen LogP contribution in [0.4, 0.5) is 0 Å². The van der Waals surface area contributed by atoms with Gasteiger partial charge in [-0.05, 0) is 47.9 Å². The lowest BCUT2D eigenvalue weighted by molar-refractivity contribution is 0.839. The second kappa shape index (κ2) is 5.40. The summed E-state index contributed by atoms with van der Waals surface area (Å²) < 4.78 is 4.62. The van der Waals surface area contributed by atoms with Crippen molar-refractivity contribution in [3.63, 3.8) is 0 Å². The molecule has 0 aliphatic carbocycles. The first-order valence-corrected chi connectivity index (χ1v) is 8.77. The topological polar surface area (TPSA) is 85.3 Å². The van der Waals surface area contributed by atoms with Gasteiger partial charge in [0.05, 0.1) is 5.69 Å². The summed E-state index contributed by atoms with van der Waals surface area (Å²) in [6.07, 6.45) is 5.43. The molecule has 134 valence electrons. The molecule has 8 nitrogen and oxygen atoms in total. The van der Waals surface area contributed by atoms with Crippen LogP contribution >= 0.6 is 0 Å². The van der Waals surface area contributed by atoms with E-state index in [1.807, 2.05) is 60.9 Å². The van der Waals surface area contributed by atoms with Crippen molar-refractivity contribution < 1.29 is 0 Å². The molecule has 28 heavy (non-hydrogen) atoms. The summed E-state index contributed by atoms with van der Waals surface area (Å²) in [6, 6.07) is 17.1. The molecule has 5 heterocycles. The van der Waals surface area contributed by atoms with Crippen LogP contribution in [0.5, 0.6) is 0 Å². The van der Waals surface area contributed by atoms with Gasteiger partial charge in [-0.25, -0.2) is 18.7 Å². The molecule has 5 aromatic heterocycles. The van der Waals surface area contributed by atoms with Crippen molar-refractivity contribution in [1.29, 1.82) is 0 Å². The van der Waals surface area contributed by atoms with Crippen molar-refractivity contribution in [3.8, 4) is 17.1 Å². The molecule has 0 saturated heterocycles. The molecular weight excluding hydrogens is 354 g/mol. The second-order valence-corrected chi connectivity index (χ2v) is 6.53. The molecule has 0 amide bonds. The zero-order valence-electron chi connectivity index (χ0n) is 14.5. The average Bonchev–Trinajstić information content (AvgIpc) is 3.44. The van der Waals surface area contributed by atoms with Gasteiger partial charge in [-0.15, -0.1) is 10.2 Å². The molecule has 0 atom stereocenters. The molecule has 1 N–H and O–H groups in total. The molecule has 0 bridgehead atoms. The Hall–Kier alpha value is -4.20. The monoisotopic (exact) mass is 367 g/mol. The van der Waals surface area contributed by atoms with Crippen LogP contribution in [0.3, 0.4) is 0 Å². The third-order valence-electron chi connectivity index (χ3n) is 4.80. The minimum atomic E-state index is -0.244. The van der Waals surface area contributed by atoms with E-state index in [4.69, 9.17) is 0 Å². The highest BCUT2D eigenvalue weighted by molar-refractivity contribution is 5.81. The Kier molecular flexibility index (Phi) is 2.88. The van der Waals surface area contributed by atoms with Crippen molar-refractivity contribution in [2.75, 3.05) is 0 Å². The fourth-order valence-electron chi connectivity index (χ4n) is 3.40. The number of rotatable bonds is 2. The van der Waals surface area contributed by atoms with E-state index in [0.717, 1.165) is 22.1 Å². The van der Waals surface area contributed by atoms with Gasteiger partial charge < -0.3 is 4.98 Å². The molecule has 8 heteroatoms. The largest absolute Gasteiger partial charge is 0.361 e. The number of aromatic amines is 1. The quantitative estimate of drug-likeness (QED) is 0.510. The maximum atomic E-state index is 13.0. The summed E-state index contributed by atoms with van der Waals surface area (Å²) in [4.78, 5) is 20.6. The normalized spacial score (nSPS) is 11.7. The van der Waals surface area contributed by atoms with Gasteiger partial charge in [-0.1, -0.05) is 12.1 Å². The van der Waals surface area contributed by atoms with E-state index in [-0.39, 0.29) is 5.69 Å². The van der Waals surface area contributed by atoms with Crippen molar-refractivity contribution in [3.05, 3.63) is 83.7 Å². The smallest absolute Gasteiger partial charge is 0.355 e. The number of aromatic nitrogens is 7. The van der Waals surface area contributed by atoms with Crippen LogP contribution in [-0.2, 0) is 0 Å². The minimum absolute atomic E-state index is 0.244. The molecule has 0 saturated carbocycles. The number of benzene rings is 1. The van der Waals surface area contributed by atoms with Crippen molar-refractivity contribution in [2.24, 2.45) is 0 Å². The molecule has 0 radical (unpaired) electrons. The van der Waals surface area contributed by atoms with Crippen LogP contribution in [0.15, 0.2) is 78.0 Å². The number of H-pyrrole nitrogens is 1. The van der Waals surface area contributed by atoms with E-state index in [1.165, 1.54) is 9.08 Å². The van der Waals surface area contributed by atoms with Crippen molar-refractivity contribution in [1.82, 2.24) is 33.8 Å². The van der Waals surface area contributed by atoms with Gasteiger partial charge in [0.2, 0.25) is 0 Å². The number of pyridine rings is 2. The van der Waals surface area contributed by atoms with E-state index in [9.17, 15) is 4.79 Å². The highest BCUT2D eigenvalue weighted by atomic mass is 16.2. The lowest BCUT2D eigenvalue weighted by Crippen LogP contribution is -2.19. The van der Waals surface area contributed by atoms with Crippen LogP contribution in [0.1, 0.15) is 0 Å². The molecule has 0 spiro atoms. The first-order valence-electron chi connectivity index (χ1n) is 8.77.